The molecule has 1 saturated heterocycles. The molecule has 0 aliphatic carbocycles. The number of carbonyl (C=O) groups is 2. The second kappa shape index (κ2) is 12.7. The van der Waals surface area contributed by atoms with Crippen molar-refractivity contribution in [1.29, 1.82) is 0 Å². The van der Waals surface area contributed by atoms with Crippen LogP contribution in [-0.2, 0) is 0 Å². The van der Waals surface area contributed by atoms with E-state index in [1.165, 1.54) is 0 Å². The first-order valence-electron chi connectivity index (χ1n) is 12.0. The summed E-state index contributed by atoms with van der Waals surface area (Å²) in [7, 11) is 0. The Morgan fingerprint density at radius 1 is 0.778 bits per heavy atom. The van der Waals surface area contributed by atoms with E-state index in [1.807, 2.05) is 35.2 Å². The number of amides is 2. The van der Waals surface area contributed by atoms with Gasteiger partial charge >= 0.3 is 0 Å². The smallest absolute Gasteiger partial charge is 0.257 e. The molecule has 36 heavy (non-hydrogen) atoms. The van der Waals surface area contributed by atoms with Gasteiger partial charge in [-0.3, -0.25) is 14.9 Å². The maximum Gasteiger partial charge on any atom is 0.257 e. The van der Waals surface area contributed by atoms with Gasteiger partial charge in [-0.15, -0.1) is 0 Å². The molecule has 3 aromatic rings. The monoisotopic (exact) mass is 503 g/mol. The van der Waals surface area contributed by atoms with Gasteiger partial charge in [0.25, 0.3) is 11.8 Å². The Bertz CT molecular complexity index is 1200. The van der Waals surface area contributed by atoms with Gasteiger partial charge in [-0.1, -0.05) is 30.3 Å². The van der Waals surface area contributed by atoms with E-state index in [4.69, 9.17) is 21.7 Å². The van der Waals surface area contributed by atoms with Gasteiger partial charge in [-0.25, -0.2) is 0 Å². The zero-order valence-electron chi connectivity index (χ0n) is 19.9. The molecule has 2 N–H and O–H groups in total. The Kier molecular flexibility index (Phi) is 8.88. The van der Waals surface area contributed by atoms with Gasteiger partial charge in [-0.05, 0) is 80.0 Å². The van der Waals surface area contributed by atoms with E-state index in [2.05, 4.69) is 10.6 Å². The second-order valence-electron chi connectivity index (χ2n) is 8.38. The molecule has 0 unspecified atom stereocenters. The van der Waals surface area contributed by atoms with Crippen LogP contribution in [0.5, 0.6) is 11.5 Å². The van der Waals surface area contributed by atoms with Crippen molar-refractivity contribution < 1.29 is 19.1 Å². The predicted octanol–water partition coefficient (Wildman–Crippen LogP) is 4.90. The molecule has 1 fully saturated rings. The summed E-state index contributed by atoms with van der Waals surface area (Å²) in [5.74, 6) is 0.983. The van der Waals surface area contributed by atoms with Gasteiger partial charge in [0.05, 0.1) is 0 Å². The quantitative estimate of drug-likeness (QED) is 0.336. The number of benzene rings is 3. The van der Waals surface area contributed by atoms with Crippen LogP contribution in [0.25, 0.3) is 0 Å². The third-order valence-corrected chi connectivity index (χ3v) is 5.90. The molecule has 4 rings (SSSR count). The molecule has 0 radical (unpaired) electrons. The van der Waals surface area contributed by atoms with Crippen LogP contribution in [0.4, 0.5) is 5.69 Å². The lowest BCUT2D eigenvalue weighted by molar-refractivity contribution is 0.0724. The molecular formula is C28H29N3O4S. The summed E-state index contributed by atoms with van der Waals surface area (Å²) in [6.07, 6.45) is 3.23. The van der Waals surface area contributed by atoms with Crippen molar-refractivity contribution in [3.8, 4) is 11.5 Å². The highest BCUT2D eigenvalue weighted by atomic mass is 32.1. The molecular weight excluding hydrogens is 474 g/mol. The molecule has 186 valence electrons. The van der Waals surface area contributed by atoms with Crippen LogP contribution < -0.4 is 20.1 Å². The number of ether oxygens (including phenoxy) is 2. The standard InChI is InChI=1S/C28H29N3O4S/c32-26(21-9-8-14-25(20-21)35-18-17-34-24-12-3-1-4-13-24)30-28(36)29-23-11-7-10-22(19-23)27(33)31-15-5-2-6-16-31/h1,3-4,7-14,19-20H,2,5-6,15-18H2,(H2,29,30,32,36). The lowest BCUT2D eigenvalue weighted by Crippen LogP contribution is -2.36. The molecule has 1 aliphatic heterocycles. The predicted molar refractivity (Wildman–Crippen MR) is 144 cm³/mol. The Labute approximate surface area is 216 Å². The minimum absolute atomic E-state index is 0.0132. The van der Waals surface area contributed by atoms with Gasteiger partial charge in [0.15, 0.2) is 5.11 Å². The SMILES string of the molecule is O=C(NC(=S)Nc1cccc(C(=O)N2CCCCC2)c1)c1cccc(OCCOc2ccccc2)c1. The van der Waals surface area contributed by atoms with Crippen molar-refractivity contribution in [3.63, 3.8) is 0 Å². The van der Waals surface area contributed by atoms with Crippen molar-refractivity contribution >= 4 is 34.8 Å². The molecule has 8 heteroatoms. The van der Waals surface area contributed by atoms with Crippen LogP contribution >= 0.6 is 12.2 Å². The number of hydrogen-bond acceptors (Lipinski definition) is 5. The highest BCUT2D eigenvalue weighted by Gasteiger charge is 2.18. The molecule has 1 aliphatic rings. The molecule has 3 aromatic carbocycles. The topological polar surface area (TPSA) is 79.9 Å². The van der Waals surface area contributed by atoms with Crippen molar-refractivity contribution in [2.75, 3.05) is 31.6 Å². The van der Waals surface area contributed by atoms with Crippen LogP contribution in [0, 0.1) is 0 Å². The first kappa shape index (κ1) is 25.2. The fourth-order valence-electron chi connectivity index (χ4n) is 3.91. The molecule has 1 heterocycles. The summed E-state index contributed by atoms with van der Waals surface area (Å²) < 4.78 is 11.3. The van der Waals surface area contributed by atoms with Crippen LogP contribution in [0.3, 0.4) is 0 Å². The van der Waals surface area contributed by atoms with Crippen LogP contribution in [0.15, 0.2) is 78.9 Å². The number of hydrogen-bond donors (Lipinski definition) is 2. The Balaban J connectivity index is 1.27. The fraction of sp³-hybridized carbons (Fsp3) is 0.250. The molecule has 0 saturated carbocycles. The van der Waals surface area contributed by atoms with Crippen molar-refractivity contribution in [2.45, 2.75) is 19.3 Å². The number of piperidine rings is 1. The summed E-state index contributed by atoms with van der Waals surface area (Å²) in [6.45, 7) is 2.29. The minimum atomic E-state index is -0.362. The summed E-state index contributed by atoms with van der Waals surface area (Å²) in [4.78, 5) is 27.4. The van der Waals surface area contributed by atoms with Gasteiger partial charge < -0.3 is 19.7 Å². The lowest BCUT2D eigenvalue weighted by atomic mass is 10.1. The van der Waals surface area contributed by atoms with E-state index in [0.717, 1.165) is 38.1 Å². The summed E-state index contributed by atoms with van der Waals surface area (Å²) in [5.41, 5.74) is 1.64. The Morgan fingerprint density at radius 2 is 1.44 bits per heavy atom. The molecule has 7 nitrogen and oxygen atoms in total. The van der Waals surface area contributed by atoms with Crippen molar-refractivity contribution in [2.24, 2.45) is 0 Å². The summed E-state index contributed by atoms with van der Waals surface area (Å²) in [5, 5.41) is 5.82. The largest absolute Gasteiger partial charge is 0.490 e. The first-order chi connectivity index (χ1) is 17.6. The van der Waals surface area contributed by atoms with E-state index in [1.54, 1.807) is 48.5 Å². The molecule has 0 spiro atoms. The van der Waals surface area contributed by atoms with Crippen molar-refractivity contribution in [3.05, 3.63) is 90.0 Å². The zero-order chi connectivity index (χ0) is 25.2. The zero-order valence-corrected chi connectivity index (χ0v) is 20.8. The first-order valence-corrected chi connectivity index (χ1v) is 12.4. The Morgan fingerprint density at radius 3 is 2.22 bits per heavy atom. The maximum atomic E-state index is 12.8. The normalized spacial score (nSPS) is 12.9. The van der Waals surface area contributed by atoms with Gasteiger partial charge in [0.1, 0.15) is 24.7 Å². The van der Waals surface area contributed by atoms with E-state index < -0.39 is 0 Å². The van der Waals surface area contributed by atoms with E-state index in [-0.39, 0.29) is 16.9 Å². The van der Waals surface area contributed by atoms with Gasteiger partial charge in [-0.2, -0.15) is 0 Å². The summed E-state index contributed by atoms with van der Waals surface area (Å²) in [6, 6.07) is 23.5. The number of carbonyl (C=O) groups excluding carboxylic acids is 2. The number of likely N-dealkylation sites (tertiary alicyclic amines) is 1. The van der Waals surface area contributed by atoms with Crippen LogP contribution in [-0.4, -0.2) is 48.1 Å². The average Bonchev–Trinajstić information content (AvgIpc) is 2.92. The number of rotatable bonds is 8. The van der Waals surface area contributed by atoms with Crippen molar-refractivity contribution in [1.82, 2.24) is 10.2 Å². The van der Waals surface area contributed by atoms with E-state index in [9.17, 15) is 9.59 Å². The second-order valence-corrected chi connectivity index (χ2v) is 8.79. The number of para-hydroxylation sites is 1. The number of nitrogens with one attached hydrogen (secondary N) is 2. The minimum Gasteiger partial charge on any atom is -0.490 e. The van der Waals surface area contributed by atoms with E-state index >= 15 is 0 Å². The van der Waals surface area contributed by atoms with Crippen LogP contribution in [0.2, 0.25) is 0 Å². The third-order valence-electron chi connectivity index (χ3n) is 5.70. The molecule has 0 aromatic heterocycles. The van der Waals surface area contributed by atoms with Gasteiger partial charge in [0.2, 0.25) is 0 Å². The average molecular weight is 504 g/mol. The highest BCUT2D eigenvalue weighted by molar-refractivity contribution is 7.80. The lowest BCUT2D eigenvalue weighted by Gasteiger charge is -2.26. The van der Waals surface area contributed by atoms with E-state index in [0.29, 0.717) is 35.8 Å². The fourth-order valence-corrected chi connectivity index (χ4v) is 4.12. The third kappa shape index (κ3) is 7.29. The Hall–Kier alpha value is -3.91. The number of anilines is 1. The van der Waals surface area contributed by atoms with Crippen LogP contribution in [0.1, 0.15) is 40.0 Å². The van der Waals surface area contributed by atoms with Gasteiger partial charge in [0, 0.05) is 29.9 Å². The molecule has 0 bridgehead atoms. The number of thiocarbonyl (C=S) groups is 1. The molecule has 0 atom stereocenters. The highest BCUT2D eigenvalue weighted by Crippen LogP contribution is 2.17. The maximum absolute atomic E-state index is 12.8. The number of nitrogens with zero attached hydrogens (tertiary/aromatic N) is 1. The molecule has 2 amide bonds. The summed E-state index contributed by atoms with van der Waals surface area (Å²) >= 11 is 5.33.